The molecular weight excluding hydrogens is 421 g/mol. The predicted molar refractivity (Wildman–Crippen MR) is 127 cm³/mol. The monoisotopic (exact) mass is 451 g/mol. The molecule has 1 amide bonds. The summed E-state index contributed by atoms with van der Waals surface area (Å²) in [5.41, 5.74) is 2.29. The summed E-state index contributed by atoms with van der Waals surface area (Å²) < 4.78 is 19.0. The second-order valence-electron chi connectivity index (χ2n) is 8.62. The van der Waals surface area contributed by atoms with Crippen LogP contribution in [0.5, 0.6) is 0 Å². The van der Waals surface area contributed by atoms with Crippen LogP contribution in [0, 0.1) is 11.7 Å². The smallest absolute Gasteiger partial charge is 0.356 e. The fraction of sp³-hybridized carbons (Fsp3) is 0.385. The zero-order valence-corrected chi connectivity index (χ0v) is 19.1. The molecule has 174 valence electrons. The minimum Gasteiger partial charge on any atom is -0.461 e. The van der Waals surface area contributed by atoms with Gasteiger partial charge in [0.05, 0.1) is 18.3 Å². The Labute approximate surface area is 193 Å². The zero-order valence-electron chi connectivity index (χ0n) is 19.1. The highest BCUT2D eigenvalue weighted by molar-refractivity contribution is 6.11. The van der Waals surface area contributed by atoms with E-state index in [2.05, 4.69) is 39.5 Å². The number of nitrogens with one attached hydrogen (secondary N) is 2. The van der Waals surface area contributed by atoms with Crippen LogP contribution in [-0.2, 0) is 16.0 Å². The lowest BCUT2D eigenvalue weighted by Crippen LogP contribution is -2.46. The van der Waals surface area contributed by atoms with Gasteiger partial charge in [-0.25, -0.2) is 9.18 Å². The number of hydrogen-bond donors (Lipinski definition) is 2. The van der Waals surface area contributed by atoms with Crippen LogP contribution in [0.3, 0.4) is 0 Å². The first-order valence-electron chi connectivity index (χ1n) is 11.5. The first kappa shape index (κ1) is 23.0. The van der Waals surface area contributed by atoms with Gasteiger partial charge in [0.1, 0.15) is 11.5 Å². The standard InChI is InChI=1S/C26H30FN3O3/c1-3-33-26(32)24-23(21-16-20(27)9-10-22(21)28-24)29-25(31)17(2)30-13-11-19(12-14-30)15-18-7-5-4-6-8-18/h4-10,16-17,19,28H,3,11-15H2,1-2H3,(H,29,31). The number of benzene rings is 2. The van der Waals surface area contributed by atoms with Gasteiger partial charge in [0.25, 0.3) is 0 Å². The van der Waals surface area contributed by atoms with E-state index in [0.29, 0.717) is 16.8 Å². The Morgan fingerprint density at radius 1 is 1.18 bits per heavy atom. The number of esters is 1. The topological polar surface area (TPSA) is 74.4 Å². The van der Waals surface area contributed by atoms with Crippen LogP contribution >= 0.6 is 0 Å². The van der Waals surface area contributed by atoms with Crippen molar-refractivity contribution in [2.24, 2.45) is 5.92 Å². The van der Waals surface area contributed by atoms with Crippen molar-refractivity contribution in [3.8, 4) is 0 Å². The van der Waals surface area contributed by atoms with Gasteiger partial charge in [0.15, 0.2) is 0 Å². The van der Waals surface area contributed by atoms with Crippen LogP contribution in [0.2, 0.25) is 0 Å². The molecule has 1 unspecified atom stereocenters. The van der Waals surface area contributed by atoms with Crippen LogP contribution in [0.15, 0.2) is 48.5 Å². The number of amides is 1. The second kappa shape index (κ2) is 10.2. The normalized spacial score (nSPS) is 16.0. The predicted octanol–water partition coefficient (Wildman–Crippen LogP) is 4.77. The molecule has 0 radical (unpaired) electrons. The molecule has 1 aliphatic heterocycles. The van der Waals surface area contributed by atoms with Crippen LogP contribution in [0.4, 0.5) is 10.1 Å². The summed E-state index contributed by atoms with van der Waals surface area (Å²) in [6, 6.07) is 14.3. The van der Waals surface area contributed by atoms with Gasteiger partial charge in [-0.05, 0) is 75.9 Å². The summed E-state index contributed by atoms with van der Waals surface area (Å²) in [5.74, 6) is -0.655. The molecular formula is C26H30FN3O3. The largest absolute Gasteiger partial charge is 0.461 e. The number of aromatic amines is 1. The SMILES string of the molecule is CCOC(=O)c1[nH]c2ccc(F)cc2c1NC(=O)C(C)N1CCC(Cc2ccccc2)CC1. The second-order valence-corrected chi connectivity index (χ2v) is 8.62. The molecule has 7 heteroatoms. The Kier molecular flexibility index (Phi) is 7.08. The van der Waals surface area contributed by atoms with Gasteiger partial charge in [0, 0.05) is 10.9 Å². The van der Waals surface area contributed by atoms with E-state index in [-0.39, 0.29) is 29.9 Å². The quantitative estimate of drug-likeness (QED) is 0.508. The molecule has 1 saturated heterocycles. The van der Waals surface area contributed by atoms with Crippen molar-refractivity contribution in [3.63, 3.8) is 0 Å². The summed E-state index contributed by atoms with van der Waals surface area (Å²) in [6.07, 6.45) is 3.11. The number of carbonyl (C=O) groups is 2. The van der Waals surface area contributed by atoms with Crippen molar-refractivity contribution in [1.82, 2.24) is 9.88 Å². The first-order valence-corrected chi connectivity index (χ1v) is 11.5. The van der Waals surface area contributed by atoms with Crippen molar-refractivity contribution in [3.05, 3.63) is 65.6 Å². The number of hydrogen-bond acceptors (Lipinski definition) is 4. The molecule has 33 heavy (non-hydrogen) atoms. The maximum absolute atomic E-state index is 13.9. The van der Waals surface area contributed by atoms with Gasteiger partial charge in [-0.2, -0.15) is 0 Å². The molecule has 2 aromatic carbocycles. The number of anilines is 1. The lowest BCUT2D eigenvalue weighted by Gasteiger charge is -2.35. The number of halogens is 1. The number of ether oxygens (including phenoxy) is 1. The van der Waals surface area contributed by atoms with Crippen molar-refractivity contribution in [1.29, 1.82) is 0 Å². The van der Waals surface area contributed by atoms with Crippen LogP contribution < -0.4 is 5.32 Å². The van der Waals surface area contributed by atoms with E-state index >= 15 is 0 Å². The van der Waals surface area contributed by atoms with E-state index in [0.717, 1.165) is 32.4 Å². The van der Waals surface area contributed by atoms with E-state index in [4.69, 9.17) is 4.74 Å². The molecule has 0 aliphatic carbocycles. The number of fused-ring (bicyclic) bond motifs is 1. The molecule has 1 atom stereocenters. The van der Waals surface area contributed by atoms with Gasteiger partial charge < -0.3 is 15.0 Å². The Bertz CT molecular complexity index is 1120. The molecule has 3 aromatic rings. The van der Waals surface area contributed by atoms with Gasteiger partial charge in [-0.15, -0.1) is 0 Å². The average Bonchev–Trinajstić information content (AvgIpc) is 3.17. The lowest BCUT2D eigenvalue weighted by molar-refractivity contribution is -0.121. The third kappa shape index (κ3) is 5.25. The molecule has 4 rings (SSSR count). The molecule has 1 aliphatic rings. The van der Waals surface area contributed by atoms with E-state index in [1.807, 2.05) is 13.0 Å². The van der Waals surface area contributed by atoms with Gasteiger partial charge in [-0.1, -0.05) is 30.3 Å². The summed E-state index contributed by atoms with van der Waals surface area (Å²) in [4.78, 5) is 30.7. The molecule has 0 bridgehead atoms. The fourth-order valence-electron chi connectivity index (χ4n) is 4.54. The Morgan fingerprint density at radius 3 is 2.61 bits per heavy atom. The van der Waals surface area contributed by atoms with E-state index in [9.17, 15) is 14.0 Å². The van der Waals surface area contributed by atoms with Gasteiger partial charge in [-0.3, -0.25) is 9.69 Å². The van der Waals surface area contributed by atoms with Crippen LogP contribution in [0.25, 0.3) is 10.9 Å². The Balaban J connectivity index is 1.44. The van der Waals surface area contributed by atoms with Crippen LogP contribution in [0.1, 0.15) is 42.7 Å². The number of nitrogens with zero attached hydrogens (tertiary/aromatic N) is 1. The van der Waals surface area contributed by atoms with E-state index in [1.54, 1.807) is 13.0 Å². The summed E-state index contributed by atoms with van der Waals surface area (Å²) in [6.45, 7) is 5.44. The van der Waals surface area contributed by atoms with E-state index < -0.39 is 11.8 Å². The highest BCUT2D eigenvalue weighted by Crippen LogP contribution is 2.30. The number of carbonyl (C=O) groups excluding carboxylic acids is 2. The number of H-pyrrole nitrogens is 1. The third-order valence-corrected chi connectivity index (χ3v) is 6.43. The van der Waals surface area contributed by atoms with Crippen molar-refractivity contribution in [2.45, 2.75) is 39.2 Å². The fourth-order valence-corrected chi connectivity index (χ4v) is 4.54. The highest BCUT2D eigenvalue weighted by atomic mass is 19.1. The molecule has 6 nitrogen and oxygen atoms in total. The molecule has 1 fully saturated rings. The van der Waals surface area contributed by atoms with Crippen molar-refractivity contribution in [2.75, 3.05) is 25.0 Å². The Morgan fingerprint density at radius 2 is 1.91 bits per heavy atom. The maximum atomic E-state index is 13.9. The highest BCUT2D eigenvalue weighted by Gasteiger charge is 2.29. The third-order valence-electron chi connectivity index (χ3n) is 6.43. The average molecular weight is 452 g/mol. The summed E-state index contributed by atoms with van der Waals surface area (Å²) in [5, 5.41) is 3.31. The van der Waals surface area contributed by atoms with Crippen molar-refractivity contribution >= 4 is 28.5 Å². The molecule has 0 spiro atoms. The Hall–Kier alpha value is -3.19. The minimum atomic E-state index is -0.584. The van der Waals surface area contributed by atoms with Crippen molar-refractivity contribution < 1.29 is 18.7 Å². The minimum absolute atomic E-state index is 0.125. The first-order chi connectivity index (χ1) is 16.0. The number of piperidine rings is 1. The maximum Gasteiger partial charge on any atom is 0.356 e. The molecule has 0 saturated carbocycles. The van der Waals surface area contributed by atoms with Crippen LogP contribution in [-0.4, -0.2) is 47.5 Å². The van der Waals surface area contributed by atoms with E-state index in [1.165, 1.54) is 17.7 Å². The summed E-state index contributed by atoms with van der Waals surface area (Å²) in [7, 11) is 0. The number of aromatic nitrogens is 1. The number of rotatable bonds is 7. The number of likely N-dealkylation sites (tertiary alicyclic amines) is 1. The summed E-state index contributed by atoms with van der Waals surface area (Å²) >= 11 is 0. The van der Waals surface area contributed by atoms with Gasteiger partial charge >= 0.3 is 5.97 Å². The zero-order chi connectivity index (χ0) is 23.4. The molecule has 2 N–H and O–H groups in total. The molecule has 1 aromatic heterocycles. The lowest BCUT2D eigenvalue weighted by atomic mass is 9.89. The molecule has 2 heterocycles. The van der Waals surface area contributed by atoms with Gasteiger partial charge in [0.2, 0.25) is 5.91 Å².